The van der Waals surface area contributed by atoms with Crippen LogP contribution in [0.5, 0.6) is 0 Å². The number of pyridine rings is 1. The molecule has 3 aromatic carbocycles. The molecule has 0 unspecified atom stereocenters. The van der Waals surface area contributed by atoms with Gasteiger partial charge in [-0.05, 0) is 29.7 Å². The first-order valence-corrected chi connectivity index (χ1v) is 12.5. The predicted molar refractivity (Wildman–Crippen MR) is 146 cm³/mol. The minimum atomic E-state index is -0.735. The topological polar surface area (TPSA) is 61.2 Å². The molecule has 0 saturated carbocycles. The molecule has 0 aliphatic carbocycles. The zero-order valence-corrected chi connectivity index (χ0v) is 21.0. The van der Waals surface area contributed by atoms with Crippen molar-refractivity contribution in [2.45, 2.75) is 12.5 Å². The average Bonchev–Trinajstić information content (AvgIpc) is 2.93. The Morgan fingerprint density at radius 1 is 0.861 bits per heavy atom. The van der Waals surface area contributed by atoms with Gasteiger partial charge in [0.25, 0.3) is 0 Å². The molecule has 5 nitrogen and oxygen atoms in total. The third kappa shape index (κ3) is 4.60. The van der Waals surface area contributed by atoms with E-state index >= 15 is 0 Å². The largest absolute Gasteiger partial charge is 0.378 e. The van der Waals surface area contributed by atoms with Gasteiger partial charge in [0.2, 0.25) is 0 Å². The standard InChI is InChI=1S/C30H29ClN4O/c1-22-28(29(32)35-17-19-36-20-18-35)26(21-27(31)33-22)34-30(23-11-5-2-6-12-23,24-13-7-3-8-14-24)25-15-9-4-10-16-25/h2-16,21,32H,17-20H2,1H3,(H,33,34). The van der Waals surface area contributed by atoms with Crippen LogP contribution in [0.2, 0.25) is 5.15 Å². The summed E-state index contributed by atoms with van der Waals surface area (Å²) in [6.45, 7) is 4.46. The van der Waals surface area contributed by atoms with Gasteiger partial charge in [0.1, 0.15) is 16.5 Å². The first-order chi connectivity index (χ1) is 17.6. The Hall–Kier alpha value is -3.67. The summed E-state index contributed by atoms with van der Waals surface area (Å²) in [7, 11) is 0. The zero-order chi connectivity index (χ0) is 25.0. The summed E-state index contributed by atoms with van der Waals surface area (Å²) in [6, 6.07) is 33.0. The van der Waals surface area contributed by atoms with E-state index in [2.05, 4.69) is 83.1 Å². The van der Waals surface area contributed by atoms with Crippen LogP contribution in [0.3, 0.4) is 0 Å². The summed E-state index contributed by atoms with van der Waals surface area (Å²) in [5.74, 6) is 0.422. The molecule has 4 aromatic rings. The second kappa shape index (κ2) is 10.5. The van der Waals surface area contributed by atoms with Crippen molar-refractivity contribution >= 4 is 23.1 Å². The van der Waals surface area contributed by atoms with Crippen molar-refractivity contribution in [1.29, 1.82) is 5.41 Å². The first-order valence-electron chi connectivity index (χ1n) is 12.1. The number of nitrogens with one attached hydrogen (secondary N) is 2. The van der Waals surface area contributed by atoms with Crippen molar-refractivity contribution in [3.05, 3.63) is 130 Å². The van der Waals surface area contributed by atoms with Crippen LogP contribution in [0.15, 0.2) is 97.1 Å². The van der Waals surface area contributed by atoms with Gasteiger partial charge in [-0.1, -0.05) is 103 Å². The monoisotopic (exact) mass is 496 g/mol. The van der Waals surface area contributed by atoms with Gasteiger partial charge >= 0.3 is 0 Å². The molecule has 36 heavy (non-hydrogen) atoms. The molecule has 1 aliphatic heterocycles. The maximum absolute atomic E-state index is 9.15. The maximum Gasteiger partial charge on any atom is 0.132 e. The van der Waals surface area contributed by atoms with Crippen molar-refractivity contribution in [3.8, 4) is 0 Å². The van der Waals surface area contributed by atoms with Crippen molar-refractivity contribution in [2.24, 2.45) is 0 Å². The number of hydrogen-bond acceptors (Lipinski definition) is 4. The summed E-state index contributed by atoms with van der Waals surface area (Å²) in [4.78, 5) is 6.57. The molecule has 1 aliphatic rings. The van der Waals surface area contributed by atoms with E-state index in [1.165, 1.54) is 0 Å². The molecule has 5 rings (SSSR count). The number of amidine groups is 1. The molecule has 0 amide bonds. The Bertz CT molecular complexity index is 1230. The van der Waals surface area contributed by atoms with Crippen LogP contribution in [-0.2, 0) is 10.3 Å². The lowest BCUT2D eigenvalue weighted by Gasteiger charge is -2.39. The number of anilines is 1. The SMILES string of the molecule is Cc1nc(Cl)cc(NC(c2ccccc2)(c2ccccc2)c2ccccc2)c1C(=N)N1CCOCC1. The molecule has 1 fully saturated rings. The fourth-order valence-corrected chi connectivity index (χ4v) is 5.20. The molecule has 0 atom stereocenters. The number of morpholine rings is 1. The van der Waals surface area contributed by atoms with Gasteiger partial charge in [0, 0.05) is 13.1 Å². The van der Waals surface area contributed by atoms with Gasteiger partial charge in [0.15, 0.2) is 0 Å². The summed E-state index contributed by atoms with van der Waals surface area (Å²) >= 11 is 6.52. The molecule has 1 saturated heterocycles. The Kier molecular flexibility index (Phi) is 7.03. The van der Waals surface area contributed by atoms with E-state index in [1.807, 2.05) is 36.1 Å². The number of ether oxygens (including phenoxy) is 1. The van der Waals surface area contributed by atoms with Gasteiger partial charge in [-0.3, -0.25) is 5.41 Å². The van der Waals surface area contributed by atoms with E-state index in [1.54, 1.807) is 0 Å². The van der Waals surface area contributed by atoms with Gasteiger partial charge < -0.3 is 15.0 Å². The quantitative estimate of drug-likeness (QED) is 0.146. The van der Waals surface area contributed by atoms with Crippen LogP contribution in [0, 0.1) is 12.3 Å². The number of nitrogens with zero attached hydrogens (tertiary/aromatic N) is 2. The van der Waals surface area contributed by atoms with Crippen LogP contribution >= 0.6 is 11.6 Å². The van der Waals surface area contributed by atoms with E-state index in [9.17, 15) is 0 Å². The highest BCUT2D eigenvalue weighted by Gasteiger charge is 2.37. The maximum atomic E-state index is 9.15. The smallest absolute Gasteiger partial charge is 0.132 e. The number of aromatic nitrogens is 1. The molecule has 6 heteroatoms. The number of halogens is 1. The summed E-state index contributed by atoms with van der Waals surface area (Å²) in [6.07, 6.45) is 0. The van der Waals surface area contributed by atoms with Gasteiger partial charge in [-0.15, -0.1) is 0 Å². The van der Waals surface area contributed by atoms with E-state index in [-0.39, 0.29) is 0 Å². The third-order valence-electron chi connectivity index (χ3n) is 6.68. The minimum absolute atomic E-state index is 0.386. The molecular formula is C30H29ClN4O. The zero-order valence-electron chi connectivity index (χ0n) is 20.2. The van der Waals surface area contributed by atoms with Crippen LogP contribution in [0.1, 0.15) is 27.9 Å². The second-order valence-electron chi connectivity index (χ2n) is 8.87. The molecule has 2 N–H and O–H groups in total. The average molecular weight is 497 g/mol. The van der Waals surface area contributed by atoms with E-state index in [0.717, 1.165) is 27.9 Å². The predicted octanol–water partition coefficient (Wildman–Crippen LogP) is 6.10. The van der Waals surface area contributed by atoms with E-state index in [4.69, 9.17) is 21.7 Å². The Morgan fingerprint density at radius 2 is 1.33 bits per heavy atom. The van der Waals surface area contributed by atoms with Gasteiger partial charge in [0.05, 0.1) is 30.2 Å². The van der Waals surface area contributed by atoms with Gasteiger partial charge in [-0.2, -0.15) is 0 Å². The number of rotatable bonds is 6. The highest BCUT2D eigenvalue weighted by Crippen LogP contribution is 2.41. The number of benzene rings is 3. The molecule has 182 valence electrons. The summed E-state index contributed by atoms with van der Waals surface area (Å²) < 4.78 is 5.53. The fraction of sp³-hybridized carbons (Fsp3) is 0.200. The van der Waals surface area contributed by atoms with Crippen molar-refractivity contribution < 1.29 is 4.74 Å². The van der Waals surface area contributed by atoms with Gasteiger partial charge in [-0.25, -0.2) is 4.98 Å². The fourth-order valence-electron chi connectivity index (χ4n) is 4.96. The van der Waals surface area contributed by atoms with Crippen molar-refractivity contribution in [2.75, 3.05) is 31.6 Å². The van der Waals surface area contributed by atoms with Crippen LogP contribution in [-0.4, -0.2) is 42.0 Å². The van der Waals surface area contributed by atoms with E-state index in [0.29, 0.717) is 43.0 Å². The lowest BCUT2D eigenvalue weighted by molar-refractivity contribution is 0.0679. The lowest BCUT2D eigenvalue weighted by Crippen LogP contribution is -2.42. The highest BCUT2D eigenvalue weighted by molar-refractivity contribution is 6.30. The molecular weight excluding hydrogens is 468 g/mol. The third-order valence-corrected chi connectivity index (χ3v) is 6.87. The first kappa shape index (κ1) is 24.0. The Balaban J connectivity index is 1.74. The normalized spacial score (nSPS) is 13.9. The summed E-state index contributed by atoms with van der Waals surface area (Å²) in [5.41, 5.74) is 4.73. The van der Waals surface area contributed by atoms with E-state index < -0.39 is 5.54 Å². The van der Waals surface area contributed by atoms with Crippen LogP contribution in [0.25, 0.3) is 0 Å². The molecule has 0 bridgehead atoms. The van der Waals surface area contributed by atoms with Crippen LogP contribution in [0.4, 0.5) is 5.69 Å². The molecule has 0 radical (unpaired) electrons. The summed E-state index contributed by atoms with van der Waals surface area (Å²) in [5, 5.41) is 13.4. The number of hydrogen-bond donors (Lipinski definition) is 2. The second-order valence-corrected chi connectivity index (χ2v) is 9.26. The Labute approximate surface area is 217 Å². The molecule has 0 spiro atoms. The lowest BCUT2D eigenvalue weighted by atomic mass is 9.76. The van der Waals surface area contributed by atoms with Crippen molar-refractivity contribution in [3.63, 3.8) is 0 Å². The molecule has 1 aromatic heterocycles. The number of aryl methyl sites for hydroxylation is 1. The Morgan fingerprint density at radius 3 is 1.81 bits per heavy atom. The highest BCUT2D eigenvalue weighted by atomic mass is 35.5. The molecule has 2 heterocycles. The minimum Gasteiger partial charge on any atom is -0.378 e. The van der Waals surface area contributed by atoms with Crippen LogP contribution < -0.4 is 5.32 Å². The van der Waals surface area contributed by atoms with Crippen molar-refractivity contribution in [1.82, 2.24) is 9.88 Å².